The highest BCUT2D eigenvalue weighted by atomic mass is 19.2. The largest absolute Gasteiger partial charge is 0.366 e. The average Bonchev–Trinajstić information content (AvgIpc) is 2.63. The smallest absolute Gasteiger partial charge is 0.276 e. The zero-order chi connectivity index (χ0) is 17.8. The van der Waals surface area contributed by atoms with Crippen LogP contribution in [0, 0.1) is 17.5 Å². The van der Waals surface area contributed by atoms with Crippen LogP contribution >= 0.6 is 0 Å². The van der Waals surface area contributed by atoms with Crippen LogP contribution < -0.4 is 10.6 Å². The third-order valence-corrected chi connectivity index (χ3v) is 4.14. The Hall–Kier alpha value is -2.64. The second-order valence-electron chi connectivity index (χ2n) is 5.96. The van der Waals surface area contributed by atoms with E-state index in [4.69, 9.17) is 0 Å². The second-order valence-corrected chi connectivity index (χ2v) is 5.96. The zero-order valence-electron chi connectivity index (χ0n) is 13.4. The van der Waals surface area contributed by atoms with Crippen LogP contribution in [0.3, 0.4) is 0 Å². The van der Waals surface area contributed by atoms with E-state index >= 15 is 0 Å². The molecule has 0 aliphatic heterocycles. The first-order valence-electron chi connectivity index (χ1n) is 8.09. The number of amides is 1. The lowest BCUT2D eigenvalue weighted by Gasteiger charge is -2.22. The molecule has 5 nitrogen and oxygen atoms in total. The molecule has 2 aromatic rings. The molecule has 1 saturated carbocycles. The molecule has 1 aliphatic carbocycles. The first kappa shape index (κ1) is 17.2. The van der Waals surface area contributed by atoms with Gasteiger partial charge in [0, 0.05) is 6.04 Å². The van der Waals surface area contributed by atoms with Crippen molar-refractivity contribution in [3.63, 3.8) is 0 Å². The SMILES string of the molecule is O=C(Nc1ccc(F)c(F)c1F)c1ccc(NC2CCCCC2)nn1. The Balaban J connectivity index is 1.65. The Morgan fingerprint density at radius 2 is 1.72 bits per heavy atom. The van der Waals surface area contributed by atoms with Gasteiger partial charge >= 0.3 is 0 Å². The van der Waals surface area contributed by atoms with Gasteiger partial charge in [-0.05, 0) is 37.1 Å². The van der Waals surface area contributed by atoms with Gasteiger partial charge in [-0.25, -0.2) is 13.2 Å². The van der Waals surface area contributed by atoms with Crippen molar-refractivity contribution in [2.75, 3.05) is 10.6 Å². The normalized spacial score (nSPS) is 15.0. The van der Waals surface area contributed by atoms with Gasteiger partial charge in [0.05, 0.1) is 5.69 Å². The number of nitrogens with one attached hydrogen (secondary N) is 2. The molecule has 0 radical (unpaired) electrons. The highest BCUT2D eigenvalue weighted by Gasteiger charge is 2.17. The summed E-state index contributed by atoms with van der Waals surface area (Å²) in [4.78, 5) is 12.0. The molecule has 0 saturated heterocycles. The van der Waals surface area contributed by atoms with E-state index in [2.05, 4.69) is 20.8 Å². The van der Waals surface area contributed by atoms with E-state index in [9.17, 15) is 18.0 Å². The first-order chi connectivity index (χ1) is 12.0. The first-order valence-corrected chi connectivity index (χ1v) is 8.09. The van der Waals surface area contributed by atoms with Crippen molar-refractivity contribution in [3.05, 3.63) is 47.4 Å². The van der Waals surface area contributed by atoms with Crippen molar-refractivity contribution in [3.8, 4) is 0 Å². The van der Waals surface area contributed by atoms with Gasteiger partial charge in [0.1, 0.15) is 5.82 Å². The fourth-order valence-corrected chi connectivity index (χ4v) is 2.80. The van der Waals surface area contributed by atoms with Crippen LogP contribution in [0.25, 0.3) is 0 Å². The summed E-state index contributed by atoms with van der Waals surface area (Å²) >= 11 is 0. The molecule has 1 amide bonds. The minimum absolute atomic E-state index is 0.0571. The third-order valence-electron chi connectivity index (χ3n) is 4.14. The van der Waals surface area contributed by atoms with Crippen LogP contribution in [0.1, 0.15) is 42.6 Å². The number of nitrogens with zero attached hydrogens (tertiary/aromatic N) is 2. The Labute approximate surface area is 142 Å². The predicted octanol–water partition coefficient (Wildman–Crippen LogP) is 3.89. The van der Waals surface area contributed by atoms with Crippen LogP contribution in [-0.2, 0) is 0 Å². The number of rotatable bonds is 4. The molecule has 0 spiro atoms. The highest BCUT2D eigenvalue weighted by molar-refractivity contribution is 6.02. The summed E-state index contributed by atoms with van der Waals surface area (Å²) in [5, 5.41) is 13.1. The molecule has 8 heteroatoms. The monoisotopic (exact) mass is 350 g/mol. The molecular formula is C17H17F3N4O. The third kappa shape index (κ3) is 4.07. The van der Waals surface area contributed by atoms with Gasteiger partial charge in [0.2, 0.25) is 0 Å². The Kier molecular flexibility index (Phi) is 5.16. The number of carbonyl (C=O) groups is 1. The quantitative estimate of drug-likeness (QED) is 0.821. The minimum Gasteiger partial charge on any atom is -0.366 e. The fraction of sp³-hybridized carbons (Fsp3) is 0.353. The summed E-state index contributed by atoms with van der Waals surface area (Å²) in [7, 11) is 0. The van der Waals surface area contributed by atoms with Crippen LogP contribution in [0.2, 0.25) is 0 Å². The van der Waals surface area contributed by atoms with Crippen molar-refractivity contribution in [1.82, 2.24) is 10.2 Å². The summed E-state index contributed by atoms with van der Waals surface area (Å²) in [6, 6.07) is 5.07. The molecule has 1 aromatic heterocycles. The zero-order valence-corrected chi connectivity index (χ0v) is 13.4. The van der Waals surface area contributed by atoms with Gasteiger partial charge in [0.15, 0.2) is 23.1 Å². The number of aromatic nitrogens is 2. The number of hydrogen-bond acceptors (Lipinski definition) is 4. The van der Waals surface area contributed by atoms with E-state index in [1.807, 2.05) is 0 Å². The van der Waals surface area contributed by atoms with Crippen LogP contribution in [0.15, 0.2) is 24.3 Å². The molecule has 1 fully saturated rings. The lowest BCUT2D eigenvalue weighted by atomic mass is 9.95. The minimum atomic E-state index is -1.64. The van der Waals surface area contributed by atoms with E-state index in [1.54, 1.807) is 6.07 Å². The standard InChI is InChI=1S/C17H17F3N4O/c18-11-6-7-12(16(20)15(11)19)22-17(25)13-8-9-14(24-23-13)21-10-4-2-1-3-5-10/h6-10H,1-5H2,(H,21,24)(H,22,25). The van der Waals surface area contributed by atoms with Crippen molar-refractivity contribution in [1.29, 1.82) is 0 Å². The Morgan fingerprint density at radius 3 is 2.40 bits per heavy atom. The Bertz CT molecular complexity index is 761. The summed E-state index contributed by atoms with van der Waals surface area (Å²) in [6.07, 6.45) is 5.72. The van der Waals surface area contributed by atoms with Crippen LogP contribution in [-0.4, -0.2) is 22.1 Å². The summed E-state index contributed by atoms with van der Waals surface area (Å²) < 4.78 is 39.7. The lowest BCUT2D eigenvalue weighted by Crippen LogP contribution is -2.23. The van der Waals surface area contributed by atoms with Gasteiger partial charge in [-0.1, -0.05) is 19.3 Å². The van der Waals surface area contributed by atoms with E-state index in [0.29, 0.717) is 11.9 Å². The maximum Gasteiger partial charge on any atom is 0.276 e. The maximum absolute atomic E-state index is 13.6. The summed E-state index contributed by atoms with van der Waals surface area (Å²) in [5.41, 5.74) is -0.520. The highest BCUT2D eigenvalue weighted by Crippen LogP contribution is 2.21. The molecule has 0 atom stereocenters. The van der Waals surface area contributed by atoms with Gasteiger partial charge in [-0.2, -0.15) is 0 Å². The summed E-state index contributed by atoms with van der Waals surface area (Å²) in [5.74, 6) is -4.63. The van der Waals surface area contributed by atoms with Gasteiger partial charge in [-0.3, -0.25) is 4.79 Å². The number of benzene rings is 1. The molecular weight excluding hydrogens is 333 g/mol. The predicted molar refractivity (Wildman–Crippen MR) is 86.8 cm³/mol. The van der Waals surface area contributed by atoms with Crippen molar-refractivity contribution < 1.29 is 18.0 Å². The molecule has 0 bridgehead atoms. The molecule has 3 rings (SSSR count). The van der Waals surface area contributed by atoms with E-state index < -0.39 is 29.0 Å². The van der Waals surface area contributed by atoms with Crippen molar-refractivity contribution in [2.24, 2.45) is 0 Å². The number of carbonyl (C=O) groups excluding carboxylic acids is 1. The lowest BCUT2D eigenvalue weighted by molar-refractivity contribution is 0.102. The number of anilines is 2. The molecule has 1 aromatic carbocycles. The van der Waals surface area contributed by atoms with Crippen LogP contribution in [0.5, 0.6) is 0 Å². The van der Waals surface area contributed by atoms with E-state index in [-0.39, 0.29) is 5.69 Å². The molecule has 1 heterocycles. The van der Waals surface area contributed by atoms with Crippen molar-refractivity contribution in [2.45, 2.75) is 38.1 Å². The number of halogens is 3. The van der Waals surface area contributed by atoms with E-state index in [0.717, 1.165) is 25.0 Å². The average molecular weight is 350 g/mol. The molecule has 1 aliphatic rings. The fourth-order valence-electron chi connectivity index (χ4n) is 2.80. The van der Waals surface area contributed by atoms with Gasteiger partial charge < -0.3 is 10.6 Å². The molecule has 132 valence electrons. The maximum atomic E-state index is 13.6. The Morgan fingerprint density at radius 1 is 0.960 bits per heavy atom. The van der Waals surface area contributed by atoms with Crippen LogP contribution in [0.4, 0.5) is 24.7 Å². The molecule has 2 N–H and O–H groups in total. The van der Waals surface area contributed by atoms with Gasteiger partial charge in [0.25, 0.3) is 5.91 Å². The molecule has 0 unspecified atom stereocenters. The van der Waals surface area contributed by atoms with Crippen molar-refractivity contribution >= 4 is 17.4 Å². The second kappa shape index (κ2) is 7.50. The van der Waals surface area contributed by atoms with Gasteiger partial charge in [-0.15, -0.1) is 10.2 Å². The molecule has 25 heavy (non-hydrogen) atoms. The number of hydrogen-bond donors (Lipinski definition) is 2. The van der Waals surface area contributed by atoms with E-state index in [1.165, 1.54) is 25.3 Å². The topological polar surface area (TPSA) is 66.9 Å². The summed E-state index contributed by atoms with van der Waals surface area (Å²) in [6.45, 7) is 0.